The molecule has 0 aliphatic carbocycles. The fourth-order valence-corrected chi connectivity index (χ4v) is 2.37. The summed E-state index contributed by atoms with van der Waals surface area (Å²) in [4.78, 5) is 16.8. The van der Waals surface area contributed by atoms with Crippen LogP contribution in [0.2, 0.25) is 0 Å². The number of urea groups is 1. The molecule has 0 fully saturated rings. The Balaban J connectivity index is 2.32. The first kappa shape index (κ1) is 14.9. The van der Waals surface area contributed by atoms with Crippen molar-refractivity contribution in [2.75, 3.05) is 6.61 Å². The summed E-state index contributed by atoms with van der Waals surface area (Å²) < 4.78 is 0. The molecule has 0 spiro atoms. The Morgan fingerprint density at radius 2 is 2.28 bits per heavy atom. The van der Waals surface area contributed by atoms with Crippen LogP contribution in [0, 0.1) is 12.8 Å². The molecule has 1 aromatic heterocycles. The number of aliphatic hydroxyl groups is 1. The van der Waals surface area contributed by atoms with Crippen LogP contribution in [0.1, 0.15) is 30.2 Å². The largest absolute Gasteiger partial charge is 0.394 e. The smallest absolute Gasteiger partial charge is 0.315 e. The average molecular weight is 271 g/mol. The van der Waals surface area contributed by atoms with Crippen molar-refractivity contribution in [1.82, 2.24) is 15.6 Å². The van der Waals surface area contributed by atoms with Crippen molar-refractivity contribution >= 4 is 17.4 Å². The van der Waals surface area contributed by atoms with Crippen LogP contribution in [0.15, 0.2) is 6.20 Å². The first-order valence-electron chi connectivity index (χ1n) is 6.07. The number of thiazole rings is 1. The van der Waals surface area contributed by atoms with E-state index in [0.717, 1.165) is 16.3 Å². The molecule has 0 saturated heterocycles. The Bertz CT molecular complexity index is 379. The van der Waals surface area contributed by atoms with E-state index in [1.54, 1.807) is 17.5 Å². The zero-order valence-electron chi connectivity index (χ0n) is 11.1. The molecule has 0 bridgehead atoms. The van der Waals surface area contributed by atoms with Crippen molar-refractivity contribution in [3.05, 3.63) is 16.1 Å². The molecule has 2 amide bonds. The Labute approximate surface area is 112 Å². The van der Waals surface area contributed by atoms with Crippen LogP contribution < -0.4 is 10.6 Å². The summed E-state index contributed by atoms with van der Waals surface area (Å²) in [5.74, 6) is 0.437. The fraction of sp³-hybridized carbons (Fsp3) is 0.667. The van der Waals surface area contributed by atoms with Gasteiger partial charge in [-0.05, 0) is 19.3 Å². The summed E-state index contributed by atoms with van der Waals surface area (Å²) in [6.45, 7) is 6.48. The molecule has 102 valence electrons. The van der Waals surface area contributed by atoms with E-state index < -0.39 is 0 Å². The molecule has 1 aromatic rings. The molecular weight excluding hydrogens is 250 g/mol. The van der Waals surface area contributed by atoms with Gasteiger partial charge in [-0.25, -0.2) is 9.78 Å². The molecule has 0 saturated carbocycles. The van der Waals surface area contributed by atoms with E-state index in [2.05, 4.69) is 29.5 Å². The van der Waals surface area contributed by atoms with Crippen molar-refractivity contribution < 1.29 is 9.90 Å². The summed E-state index contributed by atoms with van der Waals surface area (Å²) >= 11 is 1.56. The Morgan fingerprint density at radius 3 is 2.78 bits per heavy atom. The van der Waals surface area contributed by atoms with Crippen molar-refractivity contribution in [1.29, 1.82) is 0 Å². The number of aliphatic hydroxyl groups excluding tert-OH is 1. The third-order valence-corrected chi connectivity index (χ3v) is 3.32. The highest BCUT2D eigenvalue weighted by molar-refractivity contribution is 7.11. The number of carbonyl (C=O) groups is 1. The van der Waals surface area contributed by atoms with E-state index in [0.29, 0.717) is 12.5 Å². The molecule has 0 aliphatic rings. The number of hydrogen-bond donors (Lipinski definition) is 3. The van der Waals surface area contributed by atoms with Gasteiger partial charge in [0.2, 0.25) is 0 Å². The van der Waals surface area contributed by atoms with Crippen LogP contribution in [0.3, 0.4) is 0 Å². The predicted octanol–water partition coefficient (Wildman–Crippen LogP) is 1.66. The second kappa shape index (κ2) is 7.33. The van der Waals surface area contributed by atoms with Crippen LogP contribution in [-0.4, -0.2) is 28.8 Å². The van der Waals surface area contributed by atoms with E-state index in [-0.39, 0.29) is 18.7 Å². The first-order valence-corrected chi connectivity index (χ1v) is 6.89. The van der Waals surface area contributed by atoms with Crippen molar-refractivity contribution in [3.8, 4) is 0 Å². The lowest BCUT2D eigenvalue weighted by atomic mass is 10.0. The first-order chi connectivity index (χ1) is 8.51. The number of amides is 2. The molecular formula is C12H21N3O2S. The summed E-state index contributed by atoms with van der Waals surface area (Å²) in [6.07, 6.45) is 2.53. The Morgan fingerprint density at radius 1 is 1.56 bits per heavy atom. The predicted molar refractivity (Wildman–Crippen MR) is 72.6 cm³/mol. The van der Waals surface area contributed by atoms with Crippen LogP contribution in [0.25, 0.3) is 0 Å². The molecule has 3 N–H and O–H groups in total. The quantitative estimate of drug-likeness (QED) is 0.736. The van der Waals surface area contributed by atoms with Gasteiger partial charge in [-0.15, -0.1) is 11.3 Å². The number of nitrogens with zero attached hydrogens (tertiary/aromatic N) is 1. The number of nitrogens with one attached hydrogen (secondary N) is 2. The Hall–Kier alpha value is -1.14. The second-order valence-electron chi connectivity index (χ2n) is 4.68. The van der Waals surface area contributed by atoms with E-state index in [9.17, 15) is 4.79 Å². The van der Waals surface area contributed by atoms with Gasteiger partial charge in [0.05, 0.1) is 24.2 Å². The maximum Gasteiger partial charge on any atom is 0.315 e. The molecule has 0 unspecified atom stereocenters. The normalized spacial score (nSPS) is 12.5. The summed E-state index contributed by atoms with van der Waals surface area (Å²) in [6, 6.07) is -0.436. The molecule has 0 radical (unpaired) electrons. The van der Waals surface area contributed by atoms with Gasteiger partial charge >= 0.3 is 6.03 Å². The minimum absolute atomic E-state index is 0.0364. The molecule has 6 heteroatoms. The van der Waals surface area contributed by atoms with Crippen molar-refractivity contribution in [3.63, 3.8) is 0 Å². The minimum atomic E-state index is -0.249. The van der Waals surface area contributed by atoms with E-state index in [4.69, 9.17) is 5.11 Å². The molecule has 1 heterocycles. The lowest BCUT2D eigenvalue weighted by Crippen LogP contribution is -2.44. The van der Waals surface area contributed by atoms with Crippen LogP contribution in [0.5, 0.6) is 0 Å². The highest BCUT2D eigenvalue weighted by Crippen LogP contribution is 2.10. The molecule has 1 rings (SSSR count). The third kappa shape index (κ3) is 5.46. The number of aromatic nitrogens is 1. The van der Waals surface area contributed by atoms with Gasteiger partial charge in [0, 0.05) is 11.1 Å². The van der Waals surface area contributed by atoms with E-state index in [1.807, 2.05) is 6.92 Å². The van der Waals surface area contributed by atoms with Gasteiger partial charge in [-0.2, -0.15) is 0 Å². The maximum absolute atomic E-state index is 11.6. The second-order valence-corrected chi connectivity index (χ2v) is 6.00. The molecule has 0 aliphatic heterocycles. The zero-order chi connectivity index (χ0) is 13.5. The lowest BCUT2D eigenvalue weighted by molar-refractivity contribution is 0.207. The number of rotatable bonds is 6. The number of hydrogen-bond acceptors (Lipinski definition) is 4. The highest BCUT2D eigenvalue weighted by atomic mass is 32.1. The van der Waals surface area contributed by atoms with Gasteiger partial charge < -0.3 is 15.7 Å². The summed E-state index contributed by atoms with van der Waals surface area (Å²) in [5.41, 5.74) is 0. The summed E-state index contributed by atoms with van der Waals surface area (Å²) in [5, 5.41) is 15.7. The molecule has 5 nitrogen and oxygen atoms in total. The van der Waals surface area contributed by atoms with E-state index in [1.165, 1.54) is 0 Å². The number of aryl methyl sites for hydroxylation is 1. The van der Waals surface area contributed by atoms with Crippen LogP contribution >= 0.6 is 11.3 Å². The molecule has 1 atom stereocenters. The lowest BCUT2D eigenvalue weighted by Gasteiger charge is -2.18. The monoisotopic (exact) mass is 271 g/mol. The zero-order valence-corrected chi connectivity index (χ0v) is 11.9. The standard InChI is InChI=1S/C12H21N3O2S/c1-8(2)4-10(7-16)15-12(17)14-6-11-5-13-9(3)18-11/h5,8,10,16H,4,6-7H2,1-3H3,(H2,14,15,17)/t10-/m1/s1. The van der Waals surface area contributed by atoms with Crippen molar-refractivity contribution in [2.24, 2.45) is 5.92 Å². The van der Waals surface area contributed by atoms with Gasteiger partial charge in [0.1, 0.15) is 0 Å². The highest BCUT2D eigenvalue weighted by Gasteiger charge is 2.12. The van der Waals surface area contributed by atoms with Gasteiger partial charge in [0.25, 0.3) is 0 Å². The molecule has 18 heavy (non-hydrogen) atoms. The van der Waals surface area contributed by atoms with Gasteiger partial charge in [-0.1, -0.05) is 13.8 Å². The van der Waals surface area contributed by atoms with E-state index >= 15 is 0 Å². The van der Waals surface area contributed by atoms with Gasteiger partial charge in [-0.3, -0.25) is 0 Å². The Kier molecular flexibility index (Phi) is 6.07. The van der Waals surface area contributed by atoms with Crippen molar-refractivity contribution in [2.45, 2.75) is 39.8 Å². The SMILES string of the molecule is Cc1ncc(CNC(=O)N[C@@H](CO)CC(C)C)s1. The van der Waals surface area contributed by atoms with Crippen LogP contribution in [0.4, 0.5) is 4.79 Å². The third-order valence-electron chi connectivity index (χ3n) is 2.40. The average Bonchev–Trinajstić information content (AvgIpc) is 2.71. The maximum atomic E-state index is 11.6. The fourth-order valence-electron chi connectivity index (χ4n) is 1.64. The number of carbonyl (C=O) groups excluding carboxylic acids is 1. The van der Waals surface area contributed by atoms with Gasteiger partial charge in [0.15, 0.2) is 0 Å². The topological polar surface area (TPSA) is 74.2 Å². The molecule has 0 aromatic carbocycles. The minimum Gasteiger partial charge on any atom is -0.394 e. The summed E-state index contributed by atoms with van der Waals surface area (Å²) in [7, 11) is 0. The van der Waals surface area contributed by atoms with Crippen LogP contribution in [-0.2, 0) is 6.54 Å².